The summed E-state index contributed by atoms with van der Waals surface area (Å²) in [4.78, 5) is 10.5. The van der Waals surface area contributed by atoms with Gasteiger partial charge in [-0.3, -0.25) is 10.1 Å². The van der Waals surface area contributed by atoms with Gasteiger partial charge >= 0.3 is 0 Å². The van der Waals surface area contributed by atoms with Crippen molar-refractivity contribution in [3.8, 4) is 0 Å². The van der Waals surface area contributed by atoms with Crippen molar-refractivity contribution < 1.29 is 9.66 Å². The number of non-ortho nitro benzene ring substituents is 1. The van der Waals surface area contributed by atoms with Crippen LogP contribution in [0.3, 0.4) is 0 Å². The molecule has 0 spiro atoms. The molecule has 3 N–H and O–H groups in total. The van der Waals surface area contributed by atoms with Gasteiger partial charge in [-0.1, -0.05) is 24.3 Å². The van der Waals surface area contributed by atoms with Gasteiger partial charge in [-0.15, -0.1) is 0 Å². The first-order valence-electron chi connectivity index (χ1n) is 6.67. The van der Waals surface area contributed by atoms with E-state index in [1.807, 2.05) is 24.3 Å². The number of nitro groups is 1. The molecule has 1 aliphatic carbocycles. The maximum atomic E-state index is 10.9. The SMILES string of the molecule is N=C1C(N)COC2=CC=CC(c3cccc([N+](=O)[O-])c3)C12. The number of hydrogen-bond acceptors (Lipinski definition) is 5. The van der Waals surface area contributed by atoms with E-state index in [0.29, 0.717) is 18.1 Å². The Hall–Kier alpha value is -2.47. The number of nitro benzene ring substituents is 1. The van der Waals surface area contributed by atoms with Gasteiger partial charge in [0.05, 0.1) is 16.9 Å². The molecular formula is C15H15N3O3. The molecule has 0 saturated carbocycles. The Kier molecular flexibility index (Phi) is 3.31. The van der Waals surface area contributed by atoms with Crippen molar-refractivity contribution in [3.05, 3.63) is 63.9 Å². The summed E-state index contributed by atoms with van der Waals surface area (Å²) >= 11 is 0. The molecule has 6 heteroatoms. The summed E-state index contributed by atoms with van der Waals surface area (Å²) in [5.74, 6) is 0.269. The summed E-state index contributed by atoms with van der Waals surface area (Å²) in [6, 6.07) is 6.07. The number of fused-ring (bicyclic) bond motifs is 1. The number of allylic oxidation sites excluding steroid dienone is 4. The maximum absolute atomic E-state index is 10.9. The molecule has 6 nitrogen and oxygen atoms in total. The Bertz CT molecular complexity index is 666. The van der Waals surface area contributed by atoms with Crippen molar-refractivity contribution in [2.24, 2.45) is 11.7 Å². The van der Waals surface area contributed by atoms with E-state index in [1.54, 1.807) is 12.1 Å². The van der Waals surface area contributed by atoms with Crippen LogP contribution in [-0.2, 0) is 4.74 Å². The predicted octanol–water partition coefficient (Wildman–Crippen LogP) is 2.13. The lowest BCUT2D eigenvalue weighted by Crippen LogP contribution is -2.46. The quantitative estimate of drug-likeness (QED) is 0.641. The highest BCUT2D eigenvalue weighted by atomic mass is 16.6. The number of benzene rings is 1. The molecule has 1 aromatic rings. The molecule has 1 saturated heterocycles. The van der Waals surface area contributed by atoms with E-state index < -0.39 is 11.0 Å². The fourth-order valence-corrected chi connectivity index (χ4v) is 2.80. The molecule has 3 atom stereocenters. The van der Waals surface area contributed by atoms with Crippen LogP contribution < -0.4 is 5.73 Å². The minimum atomic E-state index is -0.431. The Balaban J connectivity index is 2.00. The first kappa shape index (κ1) is 13.5. The summed E-state index contributed by atoms with van der Waals surface area (Å²) < 4.78 is 5.60. The third-order valence-corrected chi connectivity index (χ3v) is 3.87. The van der Waals surface area contributed by atoms with Crippen molar-refractivity contribution in [1.82, 2.24) is 0 Å². The van der Waals surface area contributed by atoms with Gasteiger partial charge in [0.2, 0.25) is 0 Å². The van der Waals surface area contributed by atoms with Crippen molar-refractivity contribution >= 4 is 11.4 Å². The van der Waals surface area contributed by atoms with Crippen molar-refractivity contribution in [2.75, 3.05) is 6.61 Å². The van der Waals surface area contributed by atoms with E-state index in [4.69, 9.17) is 15.9 Å². The zero-order chi connectivity index (χ0) is 15.0. The van der Waals surface area contributed by atoms with Crippen LogP contribution in [0.25, 0.3) is 0 Å². The first-order valence-corrected chi connectivity index (χ1v) is 6.67. The van der Waals surface area contributed by atoms with Gasteiger partial charge in [-0.2, -0.15) is 0 Å². The summed E-state index contributed by atoms with van der Waals surface area (Å²) in [5.41, 5.74) is 7.14. The van der Waals surface area contributed by atoms with Gasteiger partial charge in [0.1, 0.15) is 12.4 Å². The van der Waals surface area contributed by atoms with Crippen LogP contribution in [-0.4, -0.2) is 23.3 Å². The van der Waals surface area contributed by atoms with Crippen LogP contribution >= 0.6 is 0 Å². The number of nitrogens with two attached hydrogens (primary N) is 1. The lowest BCUT2D eigenvalue weighted by Gasteiger charge is -2.36. The fourth-order valence-electron chi connectivity index (χ4n) is 2.80. The van der Waals surface area contributed by atoms with E-state index >= 15 is 0 Å². The van der Waals surface area contributed by atoms with Crippen LogP contribution in [0.1, 0.15) is 11.5 Å². The highest BCUT2D eigenvalue weighted by molar-refractivity contribution is 5.93. The summed E-state index contributed by atoms with van der Waals surface area (Å²) in [5, 5.41) is 19.1. The van der Waals surface area contributed by atoms with Crippen LogP contribution in [0.15, 0.2) is 48.3 Å². The molecule has 0 amide bonds. The van der Waals surface area contributed by atoms with Gasteiger partial charge < -0.3 is 15.9 Å². The molecule has 3 unspecified atom stereocenters. The molecule has 0 radical (unpaired) electrons. The van der Waals surface area contributed by atoms with Crippen LogP contribution in [0.2, 0.25) is 0 Å². The van der Waals surface area contributed by atoms with Gasteiger partial charge in [0.25, 0.3) is 5.69 Å². The van der Waals surface area contributed by atoms with Gasteiger partial charge in [0, 0.05) is 23.8 Å². The zero-order valence-corrected chi connectivity index (χ0v) is 11.2. The van der Waals surface area contributed by atoms with Crippen molar-refractivity contribution in [3.63, 3.8) is 0 Å². The molecule has 108 valence electrons. The second-order valence-electron chi connectivity index (χ2n) is 5.18. The molecule has 0 aromatic heterocycles. The minimum Gasteiger partial charge on any atom is -0.495 e. The predicted molar refractivity (Wildman–Crippen MR) is 78.2 cm³/mol. The standard InChI is InChI=1S/C15H15N3O3/c16-12-8-21-13-6-2-5-11(14(13)15(12)17)9-3-1-4-10(7-9)18(19)20/h1-7,11-12,14,17H,8,16H2. The molecular weight excluding hydrogens is 270 g/mol. The second kappa shape index (κ2) is 5.14. The van der Waals surface area contributed by atoms with Crippen LogP contribution in [0.5, 0.6) is 0 Å². The van der Waals surface area contributed by atoms with Crippen LogP contribution in [0, 0.1) is 21.4 Å². The van der Waals surface area contributed by atoms with E-state index in [1.165, 1.54) is 6.07 Å². The smallest absolute Gasteiger partial charge is 0.269 e. The summed E-state index contributed by atoms with van der Waals surface area (Å²) in [6.45, 7) is 0.302. The summed E-state index contributed by atoms with van der Waals surface area (Å²) in [6.07, 6.45) is 5.63. The van der Waals surface area contributed by atoms with Gasteiger partial charge in [-0.25, -0.2) is 0 Å². The largest absolute Gasteiger partial charge is 0.495 e. The maximum Gasteiger partial charge on any atom is 0.269 e. The van der Waals surface area contributed by atoms with Crippen molar-refractivity contribution in [1.29, 1.82) is 5.41 Å². The van der Waals surface area contributed by atoms with E-state index in [2.05, 4.69) is 0 Å². The Labute approximate surface area is 121 Å². The molecule has 0 bridgehead atoms. The third-order valence-electron chi connectivity index (χ3n) is 3.87. The minimum absolute atomic E-state index is 0.0459. The lowest BCUT2D eigenvalue weighted by molar-refractivity contribution is -0.384. The Morgan fingerprint density at radius 2 is 2.24 bits per heavy atom. The third kappa shape index (κ3) is 2.34. The second-order valence-corrected chi connectivity index (χ2v) is 5.18. The molecule has 21 heavy (non-hydrogen) atoms. The average molecular weight is 285 g/mol. The first-order chi connectivity index (χ1) is 10.1. The number of rotatable bonds is 2. The topological polar surface area (TPSA) is 102 Å². The van der Waals surface area contributed by atoms with Gasteiger partial charge in [-0.05, 0) is 11.6 Å². The van der Waals surface area contributed by atoms with Crippen LogP contribution in [0.4, 0.5) is 5.69 Å². The molecule has 3 rings (SSSR count). The molecule has 1 aliphatic heterocycles. The number of nitrogens with one attached hydrogen (secondary N) is 1. The van der Waals surface area contributed by atoms with Gasteiger partial charge in [0.15, 0.2) is 0 Å². The molecule has 1 heterocycles. The fraction of sp³-hybridized carbons (Fsp3) is 0.267. The monoisotopic (exact) mass is 285 g/mol. The normalized spacial score (nSPS) is 27.6. The Morgan fingerprint density at radius 3 is 3.00 bits per heavy atom. The highest BCUT2D eigenvalue weighted by Crippen LogP contribution is 2.39. The highest BCUT2D eigenvalue weighted by Gasteiger charge is 2.38. The molecule has 2 aliphatic rings. The van der Waals surface area contributed by atoms with E-state index in [0.717, 1.165) is 5.56 Å². The lowest BCUT2D eigenvalue weighted by atomic mass is 9.76. The van der Waals surface area contributed by atoms with E-state index in [9.17, 15) is 10.1 Å². The average Bonchev–Trinajstić information content (AvgIpc) is 2.50. The zero-order valence-electron chi connectivity index (χ0n) is 11.2. The number of hydrogen-bond donors (Lipinski definition) is 2. The molecule has 1 fully saturated rings. The Morgan fingerprint density at radius 1 is 1.43 bits per heavy atom. The van der Waals surface area contributed by atoms with E-state index in [-0.39, 0.29) is 17.5 Å². The summed E-state index contributed by atoms with van der Waals surface area (Å²) in [7, 11) is 0. The molecule has 1 aromatic carbocycles. The van der Waals surface area contributed by atoms with Crippen molar-refractivity contribution in [2.45, 2.75) is 12.0 Å². The number of ether oxygens (including phenoxy) is 1. The number of nitrogens with zero attached hydrogens (tertiary/aromatic N) is 1.